The van der Waals surface area contributed by atoms with Gasteiger partial charge in [0.1, 0.15) is 0 Å². The molecule has 2 aliphatic heterocycles. The Hall–Kier alpha value is -0.220. The number of amides is 1. The Kier molecular flexibility index (Phi) is 8.43. The fourth-order valence-corrected chi connectivity index (χ4v) is 4.57. The van der Waals surface area contributed by atoms with Gasteiger partial charge in [0.05, 0.1) is 0 Å². The van der Waals surface area contributed by atoms with Crippen LogP contribution in [0.5, 0.6) is 0 Å². The predicted molar refractivity (Wildman–Crippen MR) is 109 cm³/mol. The summed E-state index contributed by atoms with van der Waals surface area (Å²) >= 11 is 2.02. The van der Waals surface area contributed by atoms with Crippen LogP contribution in [0.3, 0.4) is 0 Å². The second-order valence-corrected chi connectivity index (χ2v) is 7.61. The van der Waals surface area contributed by atoms with Crippen LogP contribution in [0.25, 0.3) is 0 Å². The Bertz CT molecular complexity index is 426. The van der Waals surface area contributed by atoms with Gasteiger partial charge in [0, 0.05) is 50.9 Å². The number of piperidine rings is 1. The molecule has 2 saturated heterocycles. The molecule has 6 nitrogen and oxygen atoms in total. The second kappa shape index (κ2) is 9.31. The number of likely N-dealkylation sites (N-methyl/N-ethyl adjacent to an activating group) is 2. The molecule has 0 bridgehead atoms. The van der Waals surface area contributed by atoms with Crippen LogP contribution in [0.1, 0.15) is 19.3 Å². The van der Waals surface area contributed by atoms with E-state index in [9.17, 15) is 4.79 Å². The van der Waals surface area contributed by atoms with Crippen LogP contribution in [0, 0.1) is 0 Å². The van der Waals surface area contributed by atoms with E-state index in [0.29, 0.717) is 6.42 Å². The highest BCUT2D eigenvalue weighted by molar-refractivity contribution is 14.0. The van der Waals surface area contributed by atoms with Gasteiger partial charge in [-0.15, -0.1) is 24.0 Å². The molecule has 2 rings (SSSR count). The summed E-state index contributed by atoms with van der Waals surface area (Å²) < 4.78 is 0. The Morgan fingerprint density at radius 2 is 2.26 bits per heavy atom. The highest BCUT2D eigenvalue weighted by Gasteiger charge is 2.36. The summed E-state index contributed by atoms with van der Waals surface area (Å²) in [5, 5.41) is 6.94. The molecule has 0 aromatic rings. The molecule has 8 heteroatoms. The Morgan fingerprint density at radius 1 is 1.52 bits per heavy atom. The molecular formula is C15H30IN5OS. The highest BCUT2D eigenvalue weighted by Crippen LogP contribution is 2.31. The number of carbonyl (C=O) groups is 1. The van der Waals surface area contributed by atoms with Crippen LogP contribution in [0.2, 0.25) is 0 Å². The maximum absolute atomic E-state index is 11.6. The average Bonchev–Trinajstić information content (AvgIpc) is 2.97. The van der Waals surface area contributed by atoms with Gasteiger partial charge in [0.15, 0.2) is 5.96 Å². The highest BCUT2D eigenvalue weighted by atomic mass is 127. The molecule has 0 aliphatic carbocycles. The van der Waals surface area contributed by atoms with E-state index in [1.165, 1.54) is 12.2 Å². The summed E-state index contributed by atoms with van der Waals surface area (Å²) in [6.07, 6.45) is 2.69. The van der Waals surface area contributed by atoms with E-state index in [0.717, 1.165) is 31.2 Å². The van der Waals surface area contributed by atoms with Gasteiger partial charge in [-0.3, -0.25) is 9.79 Å². The molecule has 2 fully saturated rings. The van der Waals surface area contributed by atoms with Gasteiger partial charge in [-0.2, -0.15) is 11.8 Å². The number of aliphatic imine (C=N–C) groups is 1. The number of nitrogens with zero attached hydrogens (tertiary/aromatic N) is 3. The fraction of sp³-hybridized carbons (Fsp3) is 0.867. The molecule has 134 valence electrons. The number of guanidine groups is 1. The minimum absolute atomic E-state index is 0. The number of halogens is 1. The van der Waals surface area contributed by atoms with Crippen molar-refractivity contribution in [2.75, 3.05) is 52.8 Å². The molecule has 2 N–H and O–H groups in total. The average molecular weight is 455 g/mol. The number of hydrogen-bond donors (Lipinski definition) is 2. The van der Waals surface area contributed by atoms with Gasteiger partial charge in [-0.25, -0.2) is 0 Å². The zero-order chi connectivity index (χ0) is 16.2. The lowest BCUT2D eigenvalue weighted by Crippen LogP contribution is -2.57. The first-order valence-corrected chi connectivity index (χ1v) is 9.09. The molecule has 2 atom stereocenters. The third-order valence-corrected chi connectivity index (χ3v) is 6.04. The standard InChI is InChI=1S/C15H29N5OS.HI/c1-16-14(18-12-5-6-13(21)20(4)9-12)17-10-15(19(2)3)7-8-22-11-15;/h12H,5-11H2,1-4H3,(H2,16,17,18);1H. The fourth-order valence-electron chi connectivity index (χ4n) is 3.01. The monoisotopic (exact) mass is 455 g/mol. The molecule has 0 radical (unpaired) electrons. The lowest BCUT2D eigenvalue weighted by molar-refractivity contribution is -0.132. The van der Waals surface area contributed by atoms with Crippen molar-refractivity contribution < 1.29 is 4.79 Å². The molecule has 0 saturated carbocycles. The smallest absolute Gasteiger partial charge is 0.222 e. The third-order valence-electron chi connectivity index (χ3n) is 4.81. The van der Waals surface area contributed by atoms with E-state index < -0.39 is 0 Å². The first kappa shape index (κ1) is 20.8. The van der Waals surface area contributed by atoms with Gasteiger partial charge in [-0.1, -0.05) is 0 Å². The third kappa shape index (κ3) is 5.38. The van der Waals surface area contributed by atoms with Crippen molar-refractivity contribution in [3.8, 4) is 0 Å². The summed E-state index contributed by atoms with van der Waals surface area (Å²) in [5.41, 5.74) is 0.210. The van der Waals surface area contributed by atoms with Crippen molar-refractivity contribution in [1.29, 1.82) is 0 Å². The van der Waals surface area contributed by atoms with Crippen LogP contribution >= 0.6 is 35.7 Å². The number of thioether (sulfide) groups is 1. The van der Waals surface area contributed by atoms with E-state index in [4.69, 9.17) is 0 Å². The normalized spacial score (nSPS) is 28.7. The van der Waals surface area contributed by atoms with Gasteiger partial charge in [0.25, 0.3) is 0 Å². The first-order valence-electron chi connectivity index (χ1n) is 7.93. The van der Waals surface area contributed by atoms with Crippen molar-refractivity contribution in [1.82, 2.24) is 20.4 Å². The van der Waals surface area contributed by atoms with Crippen LogP contribution in [-0.4, -0.2) is 86.0 Å². The van der Waals surface area contributed by atoms with Gasteiger partial charge >= 0.3 is 0 Å². The van der Waals surface area contributed by atoms with Crippen molar-refractivity contribution >= 4 is 47.6 Å². The van der Waals surface area contributed by atoms with E-state index in [1.54, 1.807) is 11.9 Å². The lowest BCUT2D eigenvalue weighted by atomic mass is 9.97. The zero-order valence-corrected chi connectivity index (χ0v) is 17.7. The number of nitrogens with one attached hydrogen (secondary N) is 2. The van der Waals surface area contributed by atoms with Gasteiger partial charge in [0.2, 0.25) is 5.91 Å². The van der Waals surface area contributed by atoms with Gasteiger partial charge in [-0.05, 0) is 32.7 Å². The number of carbonyl (C=O) groups excluding carboxylic acids is 1. The Balaban J connectivity index is 0.00000264. The molecule has 2 unspecified atom stereocenters. The molecule has 0 aromatic heterocycles. The molecule has 2 aliphatic rings. The van der Waals surface area contributed by atoms with E-state index in [2.05, 4.69) is 34.6 Å². The summed E-state index contributed by atoms with van der Waals surface area (Å²) in [6.45, 7) is 1.64. The number of likely N-dealkylation sites (tertiary alicyclic amines) is 1. The minimum Gasteiger partial charge on any atom is -0.355 e. The Labute approximate surface area is 161 Å². The van der Waals surface area contributed by atoms with Crippen molar-refractivity contribution in [2.24, 2.45) is 4.99 Å². The molecule has 2 heterocycles. The van der Waals surface area contributed by atoms with Crippen molar-refractivity contribution in [3.05, 3.63) is 0 Å². The van der Waals surface area contributed by atoms with Crippen LogP contribution in [0.15, 0.2) is 4.99 Å². The molecule has 1 amide bonds. The predicted octanol–water partition coefficient (Wildman–Crippen LogP) is 0.828. The molecule has 23 heavy (non-hydrogen) atoms. The summed E-state index contributed by atoms with van der Waals surface area (Å²) in [4.78, 5) is 20.0. The molecule has 0 aromatic carbocycles. The number of hydrogen-bond acceptors (Lipinski definition) is 4. The largest absolute Gasteiger partial charge is 0.355 e. The summed E-state index contributed by atoms with van der Waals surface area (Å²) in [5.74, 6) is 3.45. The quantitative estimate of drug-likeness (QED) is 0.374. The van der Waals surface area contributed by atoms with E-state index in [1.807, 2.05) is 18.8 Å². The van der Waals surface area contributed by atoms with Crippen LogP contribution in [-0.2, 0) is 4.79 Å². The Morgan fingerprint density at radius 3 is 2.78 bits per heavy atom. The summed E-state index contributed by atoms with van der Waals surface area (Å²) in [7, 11) is 7.98. The van der Waals surface area contributed by atoms with Crippen molar-refractivity contribution in [2.45, 2.75) is 30.8 Å². The first-order chi connectivity index (χ1) is 10.5. The summed E-state index contributed by atoms with van der Waals surface area (Å²) in [6, 6.07) is 0.280. The molecular weight excluding hydrogens is 425 g/mol. The van der Waals surface area contributed by atoms with E-state index >= 15 is 0 Å². The molecule has 0 spiro atoms. The van der Waals surface area contributed by atoms with Crippen molar-refractivity contribution in [3.63, 3.8) is 0 Å². The van der Waals surface area contributed by atoms with Crippen LogP contribution < -0.4 is 10.6 Å². The maximum atomic E-state index is 11.6. The van der Waals surface area contributed by atoms with Crippen LogP contribution in [0.4, 0.5) is 0 Å². The van der Waals surface area contributed by atoms with Gasteiger partial charge < -0.3 is 20.4 Å². The lowest BCUT2D eigenvalue weighted by Gasteiger charge is -2.37. The topological polar surface area (TPSA) is 60.0 Å². The second-order valence-electron chi connectivity index (χ2n) is 6.50. The zero-order valence-electron chi connectivity index (χ0n) is 14.6. The SMILES string of the molecule is CN=C(NCC1(N(C)C)CCSC1)NC1CCC(=O)N(C)C1.I. The number of rotatable bonds is 4. The minimum atomic E-state index is 0. The maximum Gasteiger partial charge on any atom is 0.222 e. The van der Waals surface area contributed by atoms with E-state index in [-0.39, 0.29) is 41.5 Å².